The van der Waals surface area contributed by atoms with Crippen molar-refractivity contribution in [2.75, 3.05) is 6.54 Å². The van der Waals surface area contributed by atoms with Crippen LogP contribution in [0, 0.1) is 13.8 Å². The highest BCUT2D eigenvalue weighted by molar-refractivity contribution is 5.94. The Morgan fingerprint density at radius 1 is 0.925 bits per heavy atom. The van der Waals surface area contributed by atoms with Crippen molar-refractivity contribution in [3.8, 4) is 16.9 Å². The number of nitrogens with one attached hydrogen (secondary N) is 1. The van der Waals surface area contributed by atoms with Crippen LogP contribution in [0.3, 0.4) is 0 Å². The SMILES string of the molecule is Cc1cc(O[C@@H](CCC(F)(F)F)c2ccc(C(=O)NCCC(=O)O)cc2)cc(C)c1-c1ccc(C(C)(C)C)cc1. The highest BCUT2D eigenvalue weighted by atomic mass is 19.4. The molecule has 40 heavy (non-hydrogen) atoms. The number of carboxylic acids is 1. The van der Waals surface area contributed by atoms with Crippen molar-refractivity contribution in [1.82, 2.24) is 5.32 Å². The predicted octanol–water partition coefficient (Wildman–Crippen LogP) is 7.94. The fourth-order valence-corrected chi connectivity index (χ4v) is 4.57. The van der Waals surface area contributed by atoms with Gasteiger partial charge in [-0.15, -0.1) is 0 Å². The minimum atomic E-state index is -4.35. The summed E-state index contributed by atoms with van der Waals surface area (Å²) < 4.78 is 45.5. The number of ether oxygens (including phenoxy) is 1. The molecule has 8 heteroatoms. The maximum atomic E-state index is 13.1. The van der Waals surface area contributed by atoms with Crippen molar-refractivity contribution >= 4 is 11.9 Å². The molecule has 3 aromatic rings. The first-order valence-electron chi connectivity index (χ1n) is 13.2. The zero-order chi connectivity index (χ0) is 29.7. The first-order chi connectivity index (χ1) is 18.6. The van der Waals surface area contributed by atoms with Crippen LogP contribution in [-0.4, -0.2) is 29.7 Å². The third-order valence-electron chi connectivity index (χ3n) is 6.68. The van der Waals surface area contributed by atoms with Crippen LogP contribution in [0.4, 0.5) is 13.2 Å². The number of hydrogen-bond acceptors (Lipinski definition) is 3. The first-order valence-corrected chi connectivity index (χ1v) is 13.2. The number of carboxylic acid groups (broad SMARTS) is 1. The van der Waals surface area contributed by atoms with Crippen LogP contribution in [0.25, 0.3) is 11.1 Å². The molecule has 0 radical (unpaired) electrons. The van der Waals surface area contributed by atoms with Crippen molar-refractivity contribution in [1.29, 1.82) is 0 Å². The molecule has 3 aromatic carbocycles. The van der Waals surface area contributed by atoms with Crippen molar-refractivity contribution in [2.24, 2.45) is 0 Å². The smallest absolute Gasteiger partial charge is 0.389 e. The molecule has 1 amide bonds. The Morgan fingerprint density at radius 2 is 1.50 bits per heavy atom. The summed E-state index contributed by atoms with van der Waals surface area (Å²) in [7, 11) is 0. The molecule has 0 spiro atoms. The molecular weight excluding hydrogens is 519 g/mol. The van der Waals surface area contributed by atoms with Gasteiger partial charge >= 0.3 is 12.1 Å². The average molecular weight is 556 g/mol. The molecule has 0 heterocycles. The molecule has 0 saturated carbocycles. The zero-order valence-corrected chi connectivity index (χ0v) is 23.5. The van der Waals surface area contributed by atoms with Crippen molar-refractivity contribution in [2.45, 2.75) is 71.6 Å². The normalized spacial score (nSPS) is 12.6. The summed E-state index contributed by atoms with van der Waals surface area (Å²) in [6.07, 6.45) is -6.76. The Hall–Kier alpha value is -3.81. The van der Waals surface area contributed by atoms with Crippen molar-refractivity contribution in [3.05, 3.63) is 88.5 Å². The van der Waals surface area contributed by atoms with Gasteiger partial charge in [-0.25, -0.2) is 0 Å². The molecule has 0 aliphatic heterocycles. The van der Waals surface area contributed by atoms with Crippen LogP contribution in [0.2, 0.25) is 0 Å². The van der Waals surface area contributed by atoms with E-state index in [9.17, 15) is 22.8 Å². The third-order valence-corrected chi connectivity index (χ3v) is 6.68. The van der Waals surface area contributed by atoms with Crippen LogP contribution in [0.15, 0.2) is 60.7 Å². The lowest BCUT2D eigenvalue weighted by atomic mass is 9.85. The lowest BCUT2D eigenvalue weighted by Gasteiger charge is -2.23. The molecule has 5 nitrogen and oxygen atoms in total. The van der Waals surface area contributed by atoms with Gasteiger partial charge in [0.2, 0.25) is 0 Å². The molecule has 0 bridgehead atoms. The Morgan fingerprint density at radius 3 is 2.00 bits per heavy atom. The molecule has 1 atom stereocenters. The number of halogens is 3. The van der Waals surface area contributed by atoms with E-state index in [1.807, 2.05) is 26.0 Å². The molecule has 0 aromatic heterocycles. The summed E-state index contributed by atoms with van der Waals surface area (Å²) >= 11 is 0. The van der Waals surface area contributed by atoms with Crippen LogP contribution in [0.1, 0.15) is 78.7 Å². The van der Waals surface area contributed by atoms with E-state index in [1.165, 1.54) is 17.7 Å². The van der Waals surface area contributed by atoms with Gasteiger partial charge in [-0.1, -0.05) is 57.2 Å². The van der Waals surface area contributed by atoms with E-state index in [1.54, 1.807) is 12.1 Å². The molecule has 0 aliphatic carbocycles. The topological polar surface area (TPSA) is 75.6 Å². The molecule has 0 unspecified atom stereocenters. The van der Waals surface area contributed by atoms with Gasteiger partial charge < -0.3 is 15.2 Å². The first kappa shape index (κ1) is 30.7. The van der Waals surface area contributed by atoms with Crippen molar-refractivity contribution in [3.63, 3.8) is 0 Å². The molecule has 214 valence electrons. The van der Waals surface area contributed by atoms with E-state index in [2.05, 4.69) is 50.4 Å². The number of alkyl halides is 3. The van der Waals surface area contributed by atoms with Crippen molar-refractivity contribution < 1.29 is 32.6 Å². The van der Waals surface area contributed by atoms with Crippen LogP contribution < -0.4 is 10.1 Å². The lowest BCUT2D eigenvalue weighted by molar-refractivity contribution is -0.139. The largest absolute Gasteiger partial charge is 0.486 e. The van der Waals surface area contributed by atoms with E-state index in [-0.39, 0.29) is 30.4 Å². The van der Waals surface area contributed by atoms with Gasteiger partial charge in [0, 0.05) is 18.5 Å². The van der Waals surface area contributed by atoms with Gasteiger partial charge in [-0.2, -0.15) is 13.2 Å². The number of aryl methyl sites for hydroxylation is 2. The lowest BCUT2D eigenvalue weighted by Crippen LogP contribution is -2.26. The quantitative estimate of drug-likeness (QED) is 0.266. The fraction of sp³-hybridized carbons (Fsp3) is 0.375. The summed E-state index contributed by atoms with van der Waals surface area (Å²) in [5.74, 6) is -1.03. The van der Waals surface area contributed by atoms with Crippen LogP contribution in [0.5, 0.6) is 5.75 Å². The Balaban J connectivity index is 1.84. The molecule has 0 fully saturated rings. The second-order valence-electron chi connectivity index (χ2n) is 11.0. The third kappa shape index (κ3) is 8.60. The predicted molar refractivity (Wildman–Crippen MR) is 150 cm³/mol. The number of carbonyl (C=O) groups is 2. The van der Waals surface area contributed by atoms with E-state index >= 15 is 0 Å². The van der Waals surface area contributed by atoms with Gasteiger partial charge in [0.25, 0.3) is 5.91 Å². The molecule has 3 rings (SSSR count). The number of hydrogen-bond donors (Lipinski definition) is 2. The van der Waals surface area contributed by atoms with E-state index in [0.29, 0.717) is 11.3 Å². The molecular formula is C32H36F3NO4. The summed E-state index contributed by atoms with van der Waals surface area (Å²) in [5.41, 5.74) is 6.04. The number of benzene rings is 3. The average Bonchev–Trinajstić information content (AvgIpc) is 2.85. The van der Waals surface area contributed by atoms with Crippen LogP contribution >= 0.6 is 0 Å². The minimum absolute atomic E-state index is 0.0251. The fourth-order valence-electron chi connectivity index (χ4n) is 4.57. The molecule has 0 saturated heterocycles. The minimum Gasteiger partial charge on any atom is -0.486 e. The maximum absolute atomic E-state index is 13.1. The van der Waals surface area contributed by atoms with E-state index in [0.717, 1.165) is 22.3 Å². The summed E-state index contributed by atoms with van der Waals surface area (Å²) in [4.78, 5) is 22.9. The summed E-state index contributed by atoms with van der Waals surface area (Å²) in [5, 5.41) is 11.2. The Kier molecular flexibility index (Phi) is 9.66. The van der Waals surface area contributed by atoms with Gasteiger partial charge in [-0.3, -0.25) is 9.59 Å². The summed E-state index contributed by atoms with van der Waals surface area (Å²) in [6.45, 7) is 10.4. The van der Waals surface area contributed by atoms with Gasteiger partial charge in [0.05, 0.1) is 6.42 Å². The monoisotopic (exact) mass is 555 g/mol. The second-order valence-corrected chi connectivity index (χ2v) is 11.0. The van der Waals surface area contributed by atoms with Crippen LogP contribution in [-0.2, 0) is 10.2 Å². The maximum Gasteiger partial charge on any atom is 0.389 e. The number of amides is 1. The van der Waals surface area contributed by atoms with Gasteiger partial charge in [-0.05, 0) is 83.3 Å². The second kappa shape index (κ2) is 12.6. The number of carbonyl (C=O) groups excluding carboxylic acids is 1. The molecule has 0 aliphatic rings. The molecule has 2 N–H and O–H groups in total. The highest BCUT2D eigenvalue weighted by Gasteiger charge is 2.30. The Labute approximate surface area is 233 Å². The Bertz CT molecular complexity index is 1300. The number of aliphatic carboxylic acids is 1. The van der Waals surface area contributed by atoms with E-state index in [4.69, 9.17) is 9.84 Å². The van der Waals surface area contributed by atoms with E-state index < -0.39 is 30.6 Å². The highest BCUT2D eigenvalue weighted by Crippen LogP contribution is 2.36. The zero-order valence-electron chi connectivity index (χ0n) is 23.5. The number of rotatable bonds is 10. The summed E-state index contributed by atoms with van der Waals surface area (Å²) in [6, 6.07) is 18.2. The standard InChI is InChI=1S/C32H36F3NO4/c1-20-18-26(19-21(2)29(20)23-10-12-25(13-11-23)31(3,4)5)40-27(14-16-32(33,34)35)22-6-8-24(9-7-22)30(39)36-17-15-28(37)38/h6-13,18-19,27H,14-17H2,1-5H3,(H,36,39)(H,37,38)/t27-/m0/s1. The van der Waals surface area contributed by atoms with Gasteiger partial charge in [0.15, 0.2) is 0 Å². The van der Waals surface area contributed by atoms with Gasteiger partial charge in [0.1, 0.15) is 11.9 Å².